The molecule has 0 fully saturated rings. The predicted molar refractivity (Wildman–Crippen MR) is 74.7 cm³/mol. The third kappa shape index (κ3) is 3.38. The van der Waals surface area contributed by atoms with E-state index < -0.39 is 0 Å². The molecule has 102 valence electrons. The Labute approximate surface area is 113 Å². The minimum atomic E-state index is -0.0978. The first-order valence-electron chi connectivity index (χ1n) is 6.64. The third-order valence-corrected chi connectivity index (χ3v) is 3.20. The van der Waals surface area contributed by atoms with E-state index in [1.807, 2.05) is 10.7 Å². The number of aryl methyl sites for hydroxylation is 1. The number of hydrogen-bond acceptors (Lipinski definition) is 4. The summed E-state index contributed by atoms with van der Waals surface area (Å²) in [6, 6.07) is 10.4. The molecule has 0 atom stereocenters. The first-order valence-corrected chi connectivity index (χ1v) is 6.64. The number of benzene rings is 1. The Morgan fingerprint density at radius 1 is 1.21 bits per heavy atom. The van der Waals surface area contributed by atoms with Gasteiger partial charge in [0.1, 0.15) is 0 Å². The smallest absolute Gasteiger partial charge is 0.157 e. The fraction of sp³-hybridized carbons (Fsp3) is 0.500. The van der Waals surface area contributed by atoms with E-state index in [-0.39, 0.29) is 5.41 Å². The maximum atomic E-state index is 5.55. The predicted octanol–water partition coefficient (Wildman–Crippen LogP) is 1.54. The van der Waals surface area contributed by atoms with Crippen molar-refractivity contribution in [3.63, 3.8) is 0 Å². The molecule has 0 amide bonds. The van der Waals surface area contributed by atoms with Crippen LogP contribution in [0.4, 0.5) is 0 Å². The largest absolute Gasteiger partial charge is 0.330 e. The van der Waals surface area contributed by atoms with Gasteiger partial charge in [-0.15, -0.1) is 5.10 Å². The van der Waals surface area contributed by atoms with Crippen molar-refractivity contribution in [2.24, 2.45) is 5.73 Å². The molecule has 0 unspecified atom stereocenters. The molecule has 1 aromatic carbocycles. The first kappa shape index (κ1) is 13.7. The van der Waals surface area contributed by atoms with Crippen molar-refractivity contribution in [2.75, 3.05) is 6.54 Å². The van der Waals surface area contributed by atoms with E-state index in [2.05, 4.69) is 53.6 Å². The second-order valence-corrected chi connectivity index (χ2v) is 5.41. The van der Waals surface area contributed by atoms with E-state index >= 15 is 0 Å². The lowest BCUT2D eigenvalue weighted by Crippen LogP contribution is -2.26. The molecule has 0 spiro atoms. The van der Waals surface area contributed by atoms with Gasteiger partial charge < -0.3 is 5.73 Å². The van der Waals surface area contributed by atoms with Crippen molar-refractivity contribution < 1.29 is 0 Å². The van der Waals surface area contributed by atoms with E-state index in [0.717, 1.165) is 25.2 Å². The fourth-order valence-corrected chi connectivity index (χ4v) is 2.27. The minimum Gasteiger partial charge on any atom is -0.330 e. The second-order valence-electron chi connectivity index (χ2n) is 5.41. The normalized spacial score (nSPS) is 11.7. The Bertz CT molecular complexity index is 504. The van der Waals surface area contributed by atoms with E-state index in [9.17, 15) is 0 Å². The molecule has 0 radical (unpaired) electrons. The summed E-state index contributed by atoms with van der Waals surface area (Å²) >= 11 is 0. The van der Waals surface area contributed by atoms with Crippen molar-refractivity contribution in [3.8, 4) is 0 Å². The van der Waals surface area contributed by atoms with Crippen LogP contribution in [0.2, 0.25) is 0 Å². The van der Waals surface area contributed by atoms with E-state index in [1.165, 1.54) is 5.56 Å². The van der Waals surface area contributed by atoms with Crippen LogP contribution in [0.15, 0.2) is 30.3 Å². The molecule has 2 aromatic rings. The highest BCUT2D eigenvalue weighted by Gasteiger charge is 2.27. The summed E-state index contributed by atoms with van der Waals surface area (Å²) in [5.74, 6) is 0.921. The summed E-state index contributed by atoms with van der Waals surface area (Å²) in [5, 5.41) is 12.1. The van der Waals surface area contributed by atoms with Crippen molar-refractivity contribution in [2.45, 2.75) is 38.6 Å². The molecule has 0 saturated heterocycles. The van der Waals surface area contributed by atoms with Gasteiger partial charge in [0, 0.05) is 12.0 Å². The van der Waals surface area contributed by atoms with Gasteiger partial charge in [-0.25, -0.2) is 4.68 Å². The van der Waals surface area contributed by atoms with Crippen LogP contribution in [0.25, 0.3) is 0 Å². The summed E-state index contributed by atoms with van der Waals surface area (Å²) < 4.78 is 1.87. The molecule has 5 heteroatoms. The van der Waals surface area contributed by atoms with E-state index in [4.69, 9.17) is 5.73 Å². The highest BCUT2D eigenvalue weighted by atomic mass is 15.5. The number of tetrazole rings is 1. The van der Waals surface area contributed by atoms with Crippen molar-refractivity contribution in [1.29, 1.82) is 0 Å². The lowest BCUT2D eigenvalue weighted by atomic mass is 9.85. The molecule has 0 saturated carbocycles. The molecule has 2 N–H and O–H groups in total. The molecule has 2 rings (SSSR count). The number of aromatic nitrogens is 4. The van der Waals surface area contributed by atoms with Crippen LogP contribution >= 0.6 is 0 Å². The number of nitrogens with two attached hydrogens (primary N) is 1. The molecule has 0 aliphatic carbocycles. The van der Waals surface area contributed by atoms with Crippen LogP contribution in [-0.4, -0.2) is 26.8 Å². The molecule has 0 aliphatic heterocycles. The zero-order valence-electron chi connectivity index (χ0n) is 11.6. The minimum absolute atomic E-state index is 0.0978. The van der Waals surface area contributed by atoms with Crippen LogP contribution < -0.4 is 5.73 Å². The van der Waals surface area contributed by atoms with Gasteiger partial charge in [0.15, 0.2) is 5.82 Å². The van der Waals surface area contributed by atoms with Gasteiger partial charge in [-0.3, -0.25) is 0 Å². The maximum absolute atomic E-state index is 5.55. The van der Waals surface area contributed by atoms with Gasteiger partial charge in [0.05, 0.1) is 0 Å². The van der Waals surface area contributed by atoms with E-state index in [0.29, 0.717) is 6.54 Å². The van der Waals surface area contributed by atoms with Crippen LogP contribution in [0.1, 0.15) is 31.7 Å². The number of hydrogen-bond donors (Lipinski definition) is 1. The van der Waals surface area contributed by atoms with Crippen molar-refractivity contribution >= 4 is 0 Å². The zero-order valence-corrected chi connectivity index (χ0v) is 11.6. The van der Waals surface area contributed by atoms with E-state index in [1.54, 1.807) is 0 Å². The van der Waals surface area contributed by atoms with Crippen LogP contribution in [0, 0.1) is 0 Å². The Kier molecular flexibility index (Phi) is 4.27. The highest BCUT2D eigenvalue weighted by molar-refractivity contribution is 5.19. The van der Waals surface area contributed by atoms with Crippen LogP contribution in [-0.2, 0) is 18.4 Å². The van der Waals surface area contributed by atoms with Gasteiger partial charge in [0.25, 0.3) is 0 Å². The second kappa shape index (κ2) is 5.93. The van der Waals surface area contributed by atoms with Gasteiger partial charge in [-0.05, 0) is 35.4 Å². The van der Waals surface area contributed by atoms with Crippen LogP contribution in [0.5, 0.6) is 0 Å². The van der Waals surface area contributed by atoms with Gasteiger partial charge >= 0.3 is 0 Å². The summed E-state index contributed by atoms with van der Waals surface area (Å²) in [7, 11) is 0. The molecule has 1 aromatic heterocycles. The summed E-state index contributed by atoms with van der Waals surface area (Å²) in [6.45, 7) is 5.77. The Morgan fingerprint density at radius 3 is 2.63 bits per heavy atom. The monoisotopic (exact) mass is 259 g/mol. The maximum Gasteiger partial charge on any atom is 0.157 e. The lowest BCUT2D eigenvalue weighted by Gasteiger charge is -2.23. The topological polar surface area (TPSA) is 69.6 Å². The number of nitrogens with zero attached hydrogens (tertiary/aromatic N) is 4. The molecule has 0 aliphatic rings. The average Bonchev–Trinajstić information content (AvgIpc) is 2.86. The molecular formula is C14H21N5. The third-order valence-electron chi connectivity index (χ3n) is 3.20. The highest BCUT2D eigenvalue weighted by Crippen LogP contribution is 2.25. The molecular weight excluding hydrogens is 238 g/mol. The summed E-state index contributed by atoms with van der Waals surface area (Å²) in [5.41, 5.74) is 6.74. The quantitative estimate of drug-likeness (QED) is 0.854. The van der Waals surface area contributed by atoms with Crippen molar-refractivity contribution in [3.05, 3.63) is 41.7 Å². The molecule has 0 bridgehead atoms. The SMILES string of the molecule is CC(C)(Cc1ccccc1)c1nnnn1CCCN. The van der Waals surface area contributed by atoms with Gasteiger partial charge in [-0.2, -0.15) is 0 Å². The Hall–Kier alpha value is -1.75. The van der Waals surface area contributed by atoms with Gasteiger partial charge in [0.2, 0.25) is 0 Å². The Balaban J connectivity index is 2.17. The molecule has 5 nitrogen and oxygen atoms in total. The van der Waals surface area contributed by atoms with Crippen LogP contribution in [0.3, 0.4) is 0 Å². The lowest BCUT2D eigenvalue weighted by molar-refractivity contribution is 0.431. The Morgan fingerprint density at radius 2 is 1.95 bits per heavy atom. The summed E-state index contributed by atoms with van der Waals surface area (Å²) in [4.78, 5) is 0. The van der Waals surface area contributed by atoms with Crippen molar-refractivity contribution in [1.82, 2.24) is 20.2 Å². The molecule has 1 heterocycles. The molecule has 19 heavy (non-hydrogen) atoms. The standard InChI is InChI=1S/C14H21N5/c1-14(2,11-12-7-4-3-5-8-12)13-16-17-18-19(13)10-6-9-15/h3-5,7-8H,6,9-11,15H2,1-2H3. The zero-order chi connectivity index (χ0) is 13.7. The first-order chi connectivity index (χ1) is 9.13. The average molecular weight is 259 g/mol. The number of rotatable bonds is 6. The summed E-state index contributed by atoms with van der Waals surface area (Å²) in [6.07, 6.45) is 1.80. The van der Waals surface area contributed by atoms with Gasteiger partial charge in [-0.1, -0.05) is 44.2 Å². The fourth-order valence-electron chi connectivity index (χ4n) is 2.27.